The molecule has 3 aromatic rings. The van der Waals surface area contributed by atoms with Gasteiger partial charge < -0.3 is 9.88 Å². The number of aromatic nitrogens is 4. The third-order valence-corrected chi connectivity index (χ3v) is 6.96. The number of anilines is 2. The number of ketones is 1. The zero-order valence-electron chi connectivity index (χ0n) is 17.8. The first-order chi connectivity index (χ1) is 15.2. The lowest BCUT2D eigenvalue weighted by Gasteiger charge is -2.26. The van der Waals surface area contributed by atoms with Gasteiger partial charge in [-0.25, -0.2) is 4.98 Å². The number of thioether (sulfide) groups is 1. The molecule has 0 atom stereocenters. The summed E-state index contributed by atoms with van der Waals surface area (Å²) in [5.74, 6) is -0.340. The number of amides is 2. The van der Waals surface area contributed by atoms with Gasteiger partial charge in [-0.1, -0.05) is 43.0 Å². The summed E-state index contributed by atoms with van der Waals surface area (Å²) in [5.41, 5.74) is 1.50. The maximum atomic E-state index is 12.7. The number of hydrogen-bond acceptors (Lipinski definition) is 8. The second-order valence-corrected chi connectivity index (χ2v) is 10.3. The predicted molar refractivity (Wildman–Crippen MR) is 123 cm³/mol. The molecule has 0 saturated heterocycles. The van der Waals surface area contributed by atoms with Crippen molar-refractivity contribution in [1.82, 2.24) is 19.7 Å². The Hall–Kier alpha value is -3.05. The molecule has 0 fully saturated rings. The van der Waals surface area contributed by atoms with Crippen molar-refractivity contribution in [2.75, 3.05) is 16.4 Å². The van der Waals surface area contributed by atoms with E-state index in [2.05, 4.69) is 25.8 Å². The van der Waals surface area contributed by atoms with Gasteiger partial charge in [-0.3, -0.25) is 19.7 Å². The van der Waals surface area contributed by atoms with Gasteiger partial charge in [0, 0.05) is 24.7 Å². The van der Waals surface area contributed by atoms with Crippen LogP contribution >= 0.6 is 23.1 Å². The molecule has 2 amide bonds. The molecular formula is C21H22N6O3S2. The minimum atomic E-state index is -0.354. The van der Waals surface area contributed by atoms with Gasteiger partial charge in [0.05, 0.1) is 16.3 Å². The van der Waals surface area contributed by atoms with E-state index in [9.17, 15) is 14.4 Å². The lowest BCUT2D eigenvalue weighted by Crippen LogP contribution is -2.26. The van der Waals surface area contributed by atoms with Gasteiger partial charge in [-0.05, 0) is 30.0 Å². The summed E-state index contributed by atoms with van der Waals surface area (Å²) >= 11 is 2.48. The number of Topliss-reactive ketones (excluding diaryl/α,β-unsaturated/α-hetero) is 1. The molecule has 11 heteroatoms. The fourth-order valence-corrected chi connectivity index (χ4v) is 5.01. The smallest absolute Gasteiger partial charge is 0.257 e. The molecule has 166 valence electrons. The molecule has 1 aromatic carbocycles. The van der Waals surface area contributed by atoms with E-state index < -0.39 is 0 Å². The van der Waals surface area contributed by atoms with Crippen LogP contribution in [-0.2, 0) is 18.3 Å². The quantitative estimate of drug-likeness (QED) is 0.530. The second-order valence-electron chi connectivity index (χ2n) is 8.33. The summed E-state index contributed by atoms with van der Waals surface area (Å²) in [6.07, 6.45) is 2.75. The van der Waals surface area contributed by atoms with Gasteiger partial charge in [0.15, 0.2) is 16.1 Å². The molecule has 32 heavy (non-hydrogen) atoms. The normalized spacial score (nSPS) is 14.7. The first kappa shape index (κ1) is 22.2. The number of carbonyl (C=O) groups excluding carboxylic acids is 3. The van der Waals surface area contributed by atoms with E-state index in [0.717, 1.165) is 5.69 Å². The van der Waals surface area contributed by atoms with Crippen LogP contribution in [0, 0.1) is 5.41 Å². The molecule has 2 heterocycles. The maximum absolute atomic E-state index is 12.7. The molecule has 0 bridgehead atoms. The van der Waals surface area contributed by atoms with Gasteiger partial charge in [0.1, 0.15) is 6.33 Å². The monoisotopic (exact) mass is 470 g/mol. The summed E-state index contributed by atoms with van der Waals surface area (Å²) < 4.78 is 1.73. The summed E-state index contributed by atoms with van der Waals surface area (Å²) in [5, 5.41) is 14.3. The number of thiazole rings is 1. The highest BCUT2D eigenvalue weighted by atomic mass is 32.2. The van der Waals surface area contributed by atoms with Gasteiger partial charge in [0.25, 0.3) is 5.91 Å². The van der Waals surface area contributed by atoms with E-state index in [1.807, 2.05) is 13.8 Å². The number of nitrogens with zero attached hydrogens (tertiary/aromatic N) is 4. The zero-order chi connectivity index (χ0) is 22.9. The van der Waals surface area contributed by atoms with Gasteiger partial charge >= 0.3 is 0 Å². The SMILES string of the molecule is Cn1cnnc1SCC(=O)Nc1cccc(C(=O)Nc2nc3c(s2)C(=O)CC(C)(C)C3)c1. The Morgan fingerprint density at radius 3 is 2.81 bits per heavy atom. The minimum Gasteiger partial charge on any atom is -0.325 e. The van der Waals surface area contributed by atoms with E-state index in [1.54, 1.807) is 42.2 Å². The van der Waals surface area contributed by atoms with Gasteiger partial charge in [-0.15, -0.1) is 10.2 Å². The highest BCUT2D eigenvalue weighted by Gasteiger charge is 2.34. The average molecular weight is 471 g/mol. The van der Waals surface area contributed by atoms with E-state index >= 15 is 0 Å². The Kier molecular flexibility index (Phi) is 6.11. The summed E-state index contributed by atoms with van der Waals surface area (Å²) in [6.45, 7) is 4.08. The topological polar surface area (TPSA) is 119 Å². The van der Waals surface area contributed by atoms with Crippen LogP contribution in [0.5, 0.6) is 0 Å². The van der Waals surface area contributed by atoms with Crippen LogP contribution in [0.3, 0.4) is 0 Å². The first-order valence-electron chi connectivity index (χ1n) is 9.91. The molecule has 0 aliphatic heterocycles. The van der Waals surface area contributed by atoms with Crippen LogP contribution in [-0.4, -0.2) is 43.1 Å². The number of carbonyl (C=O) groups is 3. The van der Waals surface area contributed by atoms with Crippen LogP contribution in [0.1, 0.15) is 46.0 Å². The largest absolute Gasteiger partial charge is 0.325 e. The highest BCUT2D eigenvalue weighted by Crippen LogP contribution is 2.38. The first-order valence-corrected chi connectivity index (χ1v) is 11.7. The van der Waals surface area contributed by atoms with E-state index in [0.29, 0.717) is 39.3 Å². The van der Waals surface area contributed by atoms with E-state index in [1.165, 1.54) is 23.1 Å². The van der Waals surface area contributed by atoms with Crippen LogP contribution in [0.25, 0.3) is 0 Å². The van der Waals surface area contributed by atoms with Crippen molar-refractivity contribution in [3.05, 3.63) is 46.7 Å². The molecule has 2 N–H and O–H groups in total. The lowest BCUT2D eigenvalue weighted by atomic mass is 9.78. The standard InChI is InChI=1S/C21H22N6O3S2/c1-21(2)8-14-17(15(28)9-21)32-19(24-14)25-18(30)12-5-4-6-13(7-12)23-16(29)10-31-20-26-22-11-27(20)3/h4-7,11H,8-10H2,1-3H3,(H,23,29)(H,24,25,30). The zero-order valence-corrected chi connectivity index (χ0v) is 19.5. The van der Waals surface area contributed by atoms with Crippen LogP contribution < -0.4 is 10.6 Å². The van der Waals surface area contributed by atoms with Crippen LogP contribution in [0.2, 0.25) is 0 Å². The molecule has 9 nitrogen and oxygen atoms in total. The number of benzene rings is 1. The third-order valence-electron chi connectivity index (χ3n) is 4.87. The van der Waals surface area contributed by atoms with Gasteiger partial charge in [-0.2, -0.15) is 0 Å². The molecule has 0 saturated carbocycles. The highest BCUT2D eigenvalue weighted by molar-refractivity contribution is 7.99. The Labute approximate surface area is 193 Å². The molecule has 1 aliphatic carbocycles. The van der Waals surface area contributed by atoms with Crippen LogP contribution in [0.4, 0.5) is 10.8 Å². The minimum absolute atomic E-state index is 0.0677. The number of fused-ring (bicyclic) bond motifs is 1. The van der Waals surface area contributed by atoms with Crippen molar-refractivity contribution in [1.29, 1.82) is 0 Å². The fraction of sp³-hybridized carbons (Fsp3) is 0.333. The Morgan fingerprint density at radius 1 is 1.25 bits per heavy atom. The molecule has 0 spiro atoms. The van der Waals surface area contributed by atoms with Crippen molar-refractivity contribution in [3.63, 3.8) is 0 Å². The van der Waals surface area contributed by atoms with Crippen molar-refractivity contribution in [2.24, 2.45) is 12.5 Å². The average Bonchev–Trinajstić information content (AvgIpc) is 3.31. The molecular weight excluding hydrogens is 448 g/mol. The predicted octanol–water partition coefficient (Wildman–Crippen LogP) is 3.41. The molecule has 0 unspecified atom stereocenters. The van der Waals surface area contributed by atoms with Crippen molar-refractivity contribution < 1.29 is 14.4 Å². The molecule has 4 rings (SSSR count). The second kappa shape index (κ2) is 8.83. The van der Waals surface area contributed by atoms with E-state index in [-0.39, 0.29) is 28.8 Å². The Balaban J connectivity index is 1.39. The lowest BCUT2D eigenvalue weighted by molar-refractivity contribution is -0.113. The van der Waals surface area contributed by atoms with E-state index in [4.69, 9.17) is 0 Å². The summed E-state index contributed by atoms with van der Waals surface area (Å²) in [6, 6.07) is 6.66. The summed E-state index contributed by atoms with van der Waals surface area (Å²) in [4.78, 5) is 42.5. The molecule has 1 aliphatic rings. The van der Waals surface area contributed by atoms with Crippen molar-refractivity contribution >= 4 is 51.5 Å². The van der Waals surface area contributed by atoms with Crippen molar-refractivity contribution in [3.8, 4) is 0 Å². The van der Waals surface area contributed by atoms with Gasteiger partial charge in [0.2, 0.25) is 5.91 Å². The number of aryl methyl sites for hydroxylation is 1. The third kappa shape index (κ3) is 5.05. The molecule has 2 aromatic heterocycles. The molecule has 0 radical (unpaired) electrons. The number of rotatable bonds is 6. The Bertz CT molecular complexity index is 1200. The Morgan fingerprint density at radius 2 is 2.06 bits per heavy atom. The van der Waals surface area contributed by atoms with Crippen molar-refractivity contribution in [2.45, 2.75) is 31.8 Å². The van der Waals surface area contributed by atoms with Crippen LogP contribution in [0.15, 0.2) is 35.7 Å². The maximum Gasteiger partial charge on any atom is 0.257 e. The fourth-order valence-electron chi connectivity index (χ4n) is 3.41. The number of nitrogens with one attached hydrogen (secondary N) is 2. The number of hydrogen-bond donors (Lipinski definition) is 2. The summed E-state index contributed by atoms with van der Waals surface area (Å²) in [7, 11) is 1.80.